The highest BCUT2D eigenvalue weighted by atomic mass is 16.2. The van der Waals surface area contributed by atoms with Crippen LogP contribution in [0.15, 0.2) is 24.3 Å². The topological polar surface area (TPSA) is 73.5 Å². The van der Waals surface area contributed by atoms with E-state index in [1.807, 2.05) is 24.3 Å². The molecular formula is C23H36N4O2. The summed E-state index contributed by atoms with van der Waals surface area (Å²) < 4.78 is 0. The lowest BCUT2D eigenvalue weighted by molar-refractivity contribution is -0.120. The third kappa shape index (κ3) is 7.35. The second kappa shape index (κ2) is 11.8. The Morgan fingerprint density at radius 1 is 0.966 bits per heavy atom. The van der Waals surface area contributed by atoms with E-state index in [9.17, 15) is 9.59 Å². The molecule has 1 aliphatic carbocycles. The van der Waals surface area contributed by atoms with E-state index < -0.39 is 0 Å². The zero-order chi connectivity index (χ0) is 20.3. The lowest BCUT2D eigenvalue weighted by Gasteiger charge is -2.26. The van der Waals surface area contributed by atoms with E-state index in [0.29, 0.717) is 13.0 Å². The van der Waals surface area contributed by atoms with Gasteiger partial charge in [0.25, 0.3) is 0 Å². The molecule has 3 N–H and O–H groups in total. The number of hydrogen-bond acceptors (Lipinski definition) is 4. The summed E-state index contributed by atoms with van der Waals surface area (Å²) in [5, 5.41) is 9.54. The molecule has 1 saturated heterocycles. The van der Waals surface area contributed by atoms with Gasteiger partial charge in [0.2, 0.25) is 5.91 Å². The third-order valence-electron chi connectivity index (χ3n) is 5.93. The van der Waals surface area contributed by atoms with Crippen molar-refractivity contribution in [1.29, 1.82) is 0 Å². The molecule has 0 aromatic heterocycles. The SMILES string of the molecule is O=C1CCN(c2cccc(NCCCCCCCNC3CCCCC3)c2)C(=O)N1. The van der Waals surface area contributed by atoms with Crippen molar-refractivity contribution in [3.63, 3.8) is 0 Å². The average Bonchev–Trinajstić information content (AvgIpc) is 2.73. The molecule has 1 saturated carbocycles. The van der Waals surface area contributed by atoms with Crippen molar-refractivity contribution in [1.82, 2.24) is 10.6 Å². The van der Waals surface area contributed by atoms with E-state index in [-0.39, 0.29) is 11.9 Å². The summed E-state index contributed by atoms with van der Waals surface area (Å²) in [7, 11) is 0. The predicted octanol–water partition coefficient (Wildman–Crippen LogP) is 4.42. The molecule has 0 atom stereocenters. The summed E-state index contributed by atoms with van der Waals surface area (Å²) in [6.45, 7) is 2.55. The summed E-state index contributed by atoms with van der Waals surface area (Å²) in [6, 6.07) is 8.29. The fourth-order valence-electron chi connectivity index (χ4n) is 4.22. The lowest BCUT2D eigenvalue weighted by Crippen LogP contribution is -2.49. The van der Waals surface area contributed by atoms with Crippen LogP contribution in [0.4, 0.5) is 16.2 Å². The first-order chi connectivity index (χ1) is 14.2. The van der Waals surface area contributed by atoms with Crippen molar-refractivity contribution in [2.24, 2.45) is 0 Å². The number of carbonyl (C=O) groups excluding carboxylic acids is 2. The van der Waals surface area contributed by atoms with E-state index >= 15 is 0 Å². The van der Waals surface area contributed by atoms with Crippen molar-refractivity contribution in [2.45, 2.75) is 76.7 Å². The Kier molecular flexibility index (Phi) is 8.81. The summed E-state index contributed by atoms with van der Waals surface area (Å²) in [5.41, 5.74) is 1.84. The Hall–Kier alpha value is -2.08. The maximum Gasteiger partial charge on any atom is 0.328 e. The van der Waals surface area contributed by atoms with E-state index in [1.54, 1.807) is 4.90 Å². The first-order valence-corrected chi connectivity index (χ1v) is 11.4. The Labute approximate surface area is 174 Å². The fraction of sp³-hybridized carbons (Fsp3) is 0.652. The zero-order valence-corrected chi connectivity index (χ0v) is 17.5. The van der Waals surface area contributed by atoms with Crippen molar-refractivity contribution in [2.75, 3.05) is 29.9 Å². The maximum atomic E-state index is 12.0. The molecule has 6 heteroatoms. The van der Waals surface area contributed by atoms with Gasteiger partial charge in [-0.2, -0.15) is 0 Å². The molecule has 0 bridgehead atoms. The van der Waals surface area contributed by atoms with Crippen LogP contribution in [-0.4, -0.2) is 37.6 Å². The minimum absolute atomic E-state index is 0.203. The number of benzene rings is 1. The molecule has 0 spiro atoms. The number of imide groups is 1. The highest BCUT2D eigenvalue weighted by Gasteiger charge is 2.24. The van der Waals surface area contributed by atoms with Gasteiger partial charge >= 0.3 is 6.03 Å². The van der Waals surface area contributed by atoms with Crippen LogP contribution < -0.4 is 20.9 Å². The van der Waals surface area contributed by atoms with Crippen LogP contribution in [0.2, 0.25) is 0 Å². The monoisotopic (exact) mass is 400 g/mol. The summed E-state index contributed by atoms with van der Waals surface area (Å²) in [4.78, 5) is 24.9. The maximum absolute atomic E-state index is 12.0. The van der Waals surface area contributed by atoms with Gasteiger partial charge in [-0.1, -0.05) is 44.6 Å². The molecule has 3 amide bonds. The standard InChI is InChI=1S/C23H36N4O2/c28-22-14-17-27(23(29)26-22)21-13-9-12-20(18-21)25-16-8-3-1-2-7-15-24-19-10-5-4-6-11-19/h9,12-13,18-19,24-25H,1-8,10-11,14-17H2,(H,26,28,29). The van der Waals surface area contributed by atoms with Crippen LogP contribution in [0, 0.1) is 0 Å². The van der Waals surface area contributed by atoms with Crippen LogP contribution >= 0.6 is 0 Å². The molecule has 1 aromatic rings. The van der Waals surface area contributed by atoms with Gasteiger partial charge in [0, 0.05) is 36.9 Å². The number of hydrogen-bond donors (Lipinski definition) is 3. The van der Waals surface area contributed by atoms with Crippen molar-refractivity contribution >= 4 is 23.3 Å². The molecule has 1 aliphatic heterocycles. The number of carbonyl (C=O) groups is 2. The van der Waals surface area contributed by atoms with Gasteiger partial charge in [-0.15, -0.1) is 0 Å². The normalized spacial score (nSPS) is 18.0. The van der Waals surface area contributed by atoms with E-state index in [0.717, 1.165) is 30.4 Å². The average molecular weight is 401 g/mol. The number of nitrogens with zero attached hydrogens (tertiary/aromatic N) is 1. The molecule has 0 radical (unpaired) electrons. The number of rotatable bonds is 11. The first-order valence-electron chi connectivity index (χ1n) is 11.4. The quantitative estimate of drug-likeness (QED) is 0.481. The molecule has 0 unspecified atom stereocenters. The minimum atomic E-state index is -0.337. The number of anilines is 2. The van der Waals surface area contributed by atoms with Gasteiger partial charge in [-0.3, -0.25) is 15.0 Å². The van der Waals surface area contributed by atoms with Crippen molar-refractivity contribution in [3.8, 4) is 0 Å². The molecule has 2 fully saturated rings. The number of urea groups is 1. The van der Waals surface area contributed by atoms with Gasteiger partial charge in [0.05, 0.1) is 0 Å². The second-order valence-electron chi connectivity index (χ2n) is 8.29. The number of nitrogens with one attached hydrogen (secondary N) is 3. The largest absolute Gasteiger partial charge is 0.385 e. The molecule has 2 aliphatic rings. The van der Waals surface area contributed by atoms with Gasteiger partial charge < -0.3 is 10.6 Å². The van der Waals surface area contributed by atoms with Gasteiger partial charge in [0.15, 0.2) is 0 Å². The highest BCUT2D eigenvalue weighted by Crippen LogP contribution is 2.21. The molecule has 3 rings (SSSR count). The highest BCUT2D eigenvalue weighted by molar-refractivity contribution is 6.05. The Morgan fingerprint density at radius 2 is 1.72 bits per heavy atom. The molecular weight excluding hydrogens is 364 g/mol. The van der Waals surface area contributed by atoms with Gasteiger partial charge in [0.1, 0.15) is 0 Å². The summed E-state index contributed by atoms with van der Waals surface area (Å²) in [6.07, 6.45) is 13.6. The van der Waals surface area contributed by atoms with Crippen LogP contribution in [-0.2, 0) is 4.79 Å². The molecule has 29 heavy (non-hydrogen) atoms. The smallest absolute Gasteiger partial charge is 0.328 e. The fourth-order valence-corrected chi connectivity index (χ4v) is 4.22. The van der Waals surface area contributed by atoms with Crippen LogP contribution in [0.1, 0.15) is 70.6 Å². The minimum Gasteiger partial charge on any atom is -0.385 e. The van der Waals surface area contributed by atoms with Crippen LogP contribution in [0.3, 0.4) is 0 Å². The number of amides is 3. The van der Waals surface area contributed by atoms with Crippen LogP contribution in [0.25, 0.3) is 0 Å². The zero-order valence-electron chi connectivity index (χ0n) is 17.5. The lowest BCUT2D eigenvalue weighted by atomic mass is 9.95. The predicted molar refractivity (Wildman–Crippen MR) is 118 cm³/mol. The second-order valence-corrected chi connectivity index (χ2v) is 8.29. The summed E-state index contributed by atoms with van der Waals surface area (Å²) >= 11 is 0. The Bertz CT molecular complexity index is 658. The van der Waals surface area contributed by atoms with E-state index in [2.05, 4.69) is 16.0 Å². The van der Waals surface area contributed by atoms with Gasteiger partial charge in [-0.25, -0.2) is 4.79 Å². The Morgan fingerprint density at radius 3 is 2.52 bits per heavy atom. The first kappa shape index (κ1) is 21.6. The van der Waals surface area contributed by atoms with Gasteiger partial charge in [-0.05, 0) is 50.4 Å². The molecule has 1 aromatic carbocycles. The molecule has 1 heterocycles. The summed E-state index contributed by atoms with van der Waals surface area (Å²) in [5.74, 6) is -0.203. The third-order valence-corrected chi connectivity index (χ3v) is 5.93. The molecule has 160 valence electrons. The van der Waals surface area contributed by atoms with E-state index in [4.69, 9.17) is 0 Å². The van der Waals surface area contributed by atoms with Crippen molar-refractivity contribution in [3.05, 3.63) is 24.3 Å². The van der Waals surface area contributed by atoms with Crippen LogP contribution in [0.5, 0.6) is 0 Å². The molecule has 6 nitrogen and oxygen atoms in total. The Balaban J connectivity index is 1.25. The number of unbranched alkanes of at least 4 members (excludes halogenated alkanes) is 4. The van der Waals surface area contributed by atoms with E-state index in [1.165, 1.54) is 64.3 Å². The van der Waals surface area contributed by atoms with Crippen molar-refractivity contribution < 1.29 is 9.59 Å².